The smallest absolute Gasteiger partial charge is 0.0666 e. The van der Waals surface area contributed by atoms with Crippen LogP contribution in [-0.2, 0) is 0 Å². The molecule has 0 unspecified atom stereocenters. The first-order chi connectivity index (χ1) is 5.59. The van der Waals surface area contributed by atoms with Crippen molar-refractivity contribution in [2.24, 2.45) is 11.8 Å². The highest BCUT2D eigenvalue weighted by molar-refractivity contribution is 6.43. The molecular weight excluding hydrogens is 155 g/mol. The topological polar surface area (TPSA) is 0 Å². The molecule has 0 aromatic rings. The molecule has 0 fully saturated rings. The van der Waals surface area contributed by atoms with Crippen molar-refractivity contribution in [3.05, 3.63) is 0 Å². The van der Waals surface area contributed by atoms with Crippen LogP contribution in [-0.4, -0.2) is 7.28 Å². The van der Waals surface area contributed by atoms with Crippen LogP contribution in [0.4, 0.5) is 0 Å². The Morgan fingerprint density at radius 3 is 1.08 bits per heavy atom. The normalized spacial score (nSPS) is 14.0. The maximum atomic E-state index is 2.39. The van der Waals surface area contributed by atoms with Crippen LogP contribution in [0, 0.1) is 11.8 Å². The maximum absolute atomic E-state index is 2.39. The first kappa shape index (κ1) is 13.1. The van der Waals surface area contributed by atoms with Crippen LogP contribution in [0.1, 0.15) is 55.4 Å². The van der Waals surface area contributed by atoms with E-state index in [-0.39, 0.29) is 0 Å². The Morgan fingerprint density at radius 1 is 0.692 bits per heavy atom. The van der Waals surface area contributed by atoms with Crippen molar-refractivity contribution < 1.29 is 0 Å². The van der Waals surface area contributed by atoms with E-state index in [0.717, 1.165) is 11.8 Å². The van der Waals surface area contributed by atoms with E-state index in [2.05, 4.69) is 55.4 Å². The minimum atomic E-state index is 0.466. The minimum absolute atomic E-state index is 0.466. The van der Waals surface area contributed by atoms with Crippen molar-refractivity contribution in [1.82, 2.24) is 0 Å². The average molecular weight is 182 g/mol. The molecule has 0 saturated carbocycles. The van der Waals surface area contributed by atoms with Gasteiger partial charge in [0.15, 0.2) is 0 Å². The molecule has 0 atom stereocenters. The lowest BCUT2D eigenvalue weighted by atomic mass is 9.36. The fraction of sp³-hybridized carbons (Fsp3) is 1.00. The van der Waals surface area contributed by atoms with Gasteiger partial charge in [-0.1, -0.05) is 66.0 Å². The summed E-state index contributed by atoms with van der Waals surface area (Å²) in [5.74, 6) is 1.54. The Morgan fingerprint density at radius 2 is 0.923 bits per heavy atom. The van der Waals surface area contributed by atoms with Gasteiger partial charge in [-0.05, 0) is 11.8 Å². The predicted octanol–water partition coefficient (Wildman–Crippen LogP) is 4.13. The summed E-state index contributed by atoms with van der Waals surface area (Å²) in [5, 5.41) is 0.932. The fourth-order valence-electron chi connectivity index (χ4n) is 1.58. The van der Waals surface area contributed by atoms with Crippen LogP contribution < -0.4 is 0 Å². The largest absolute Gasteiger partial charge is 0.134 e. The molecule has 78 valence electrons. The quantitative estimate of drug-likeness (QED) is 0.573. The molecule has 13 heavy (non-hydrogen) atoms. The molecule has 0 rings (SSSR count). The van der Waals surface area contributed by atoms with Gasteiger partial charge in [0.2, 0.25) is 0 Å². The second-order valence-corrected chi connectivity index (χ2v) is 6.46. The monoisotopic (exact) mass is 182 g/mol. The van der Waals surface area contributed by atoms with E-state index >= 15 is 0 Å². The van der Waals surface area contributed by atoms with Gasteiger partial charge < -0.3 is 0 Å². The molecule has 1 heteroatoms. The summed E-state index contributed by atoms with van der Waals surface area (Å²) < 4.78 is 0. The molecule has 0 aliphatic rings. The first-order valence-corrected chi connectivity index (χ1v) is 5.59. The van der Waals surface area contributed by atoms with Gasteiger partial charge in [-0.2, -0.15) is 0 Å². The van der Waals surface area contributed by atoms with E-state index in [1.54, 1.807) is 0 Å². The Balaban J connectivity index is 4.42. The van der Waals surface area contributed by atoms with Gasteiger partial charge in [0.05, 0.1) is 0 Å². The SMILES string of the molecule is CC(C)C(C)(C)BC(C)(C)C(C)C. The van der Waals surface area contributed by atoms with Crippen LogP contribution in [0.25, 0.3) is 0 Å². The lowest BCUT2D eigenvalue weighted by molar-refractivity contribution is 0.417. The van der Waals surface area contributed by atoms with E-state index in [4.69, 9.17) is 0 Å². The molecule has 0 N–H and O–H groups in total. The van der Waals surface area contributed by atoms with Crippen LogP contribution in [0.3, 0.4) is 0 Å². The van der Waals surface area contributed by atoms with E-state index < -0.39 is 0 Å². The van der Waals surface area contributed by atoms with Gasteiger partial charge in [0, 0.05) is 0 Å². The van der Waals surface area contributed by atoms with Crippen LogP contribution in [0.5, 0.6) is 0 Å². The molecule has 0 nitrogen and oxygen atoms in total. The molecule has 0 amide bonds. The second-order valence-electron chi connectivity index (χ2n) is 6.46. The highest BCUT2D eigenvalue weighted by atomic mass is 14.2. The lowest BCUT2D eigenvalue weighted by Crippen LogP contribution is -2.31. The standard InChI is InChI=1S/C12H27B/c1-9(2)11(5,6)13-12(7,8)10(3)4/h9-10,13H,1-8H3. The summed E-state index contributed by atoms with van der Waals surface area (Å²) in [6, 6.07) is 0. The molecule has 0 aliphatic carbocycles. The summed E-state index contributed by atoms with van der Waals surface area (Å²) in [6.07, 6.45) is 0. The zero-order chi connectivity index (χ0) is 10.9. The summed E-state index contributed by atoms with van der Waals surface area (Å²) in [7, 11) is 1.31. The highest BCUT2D eigenvalue weighted by Crippen LogP contribution is 2.44. The van der Waals surface area contributed by atoms with Crippen LogP contribution in [0.2, 0.25) is 10.6 Å². The zero-order valence-electron chi connectivity index (χ0n) is 10.9. The first-order valence-electron chi connectivity index (χ1n) is 5.59. The van der Waals surface area contributed by atoms with Crippen LogP contribution in [0.15, 0.2) is 0 Å². The van der Waals surface area contributed by atoms with E-state index in [1.807, 2.05) is 0 Å². The Bertz CT molecular complexity index is 137. The van der Waals surface area contributed by atoms with Crippen molar-refractivity contribution >= 4 is 7.28 Å². The van der Waals surface area contributed by atoms with Crippen molar-refractivity contribution in [3.8, 4) is 0 Å². The average Bonchev–Trinajstić information content (AvgIpc) is 1.83. The number of hydrogen-bond acceptors (Lipinski definition) is 0. The van der Waals surface area contributed by atoms with E-state index in [9.17, 15) is 0 Å². The van der Waals surface area contributed by atoms with Crippen molar-refractivity contribution in [2.45, 2.75) is 66.0 Å². The van der Waals surface area contributed by atoms with Gasteiger partial charge in [-0.25, -0.2) is 0 Å². The molecule has 0 aromatic heterocycles. The van der Waals surface area contributed by atoms with Crippen molar-refractivity contribution in [1.29, 1.82) is 0 Å². The number of hydrogen-bond donors (Lipinski definition) is 0. The molecule has 0 saturated heterocycles. The summed E-state index contributed by atoms with van der Waals surface area (Å²) in [5.41, 5.74) is 0. The minimum Gasteiger partial charge on any atom is -0.0666 e. The third-order valence-electron chi connectivity index (χ3n) is 4.04. The van der Waals surface area contributed by atoms with Gasteiger partial charge in [-0.15, -0.1) is 0 Å². The van der Waals surface area contributed by atoms with Crippen molar-refractivity contribution in [3.63, 3.8) is 0 Å². The molecule has 0 aliphatic heterocycles. The van der Waals surface area contributed by atoms with Gasteiger partial charge in [0.1, 0.15) is 7.28 Å². The van der Waals surface area contributed by atoms with Gasteiger partial charge in [0.25, 0.3) is 0 Å². The zero-order valence-corrected chi connectivity index (χ0v) is 10.9. The third-order valence-corrected chi connectivity index (χ3v) is 4.04. The Labute approximate surface area is 85.7 Å². The van der Waals surface area contributed by atoms with E-state index in [1.165, 1.54) is 7.28 Å². The molecule has 0 heterocycles. The summed E-state index contributed by atoms with van der Waals surface area (Å²) in [4.78, 5) is 0. The van der Waals surface area contributed by atoms with Gasteiger partial charge in [-0.3, -0.25) is 0 Å². The molecular formula is C12H27B. The Kier molecular flexibility index (Phi) is 4.08. The summed E-state index contributed by atoms with van der Waals surface area (Å²) >= 11 is 0. The molecule has 0 aromatic carbocycles. The lowest BCUT2D eigenvalue weighted by Gasteiger charge is -2.39. The molecule has 0 spiro atoms. The Hall–Kier alpha value is 0.0649. The summed E-state index contributed by atoms with van der Waals surface area (Å²) in [6.45, 7) is 18.9. The van der Waals surface area contributed by atoms with Crippen molar-refractivity contribution in [2.75, 3.05) is 0 Å². The number of rotatable bonds is 4. The predicted molar refractivity (Wildman–Crippen MR) is 64.9 cm³/mol. The third kappa shape index (κ3) is 3.75. The van der Waals surface area contributed by atoms with Gasteiger partial charge >= 0.3 is 0 Å². The molecule has 0 bridgehead atoms. The molecule has 0 radical (unpaired) electrons. The van der Waals surface area contributed by atoms with E-state index in [0.29, 0.717) is 10.6 Å². The fourth-order valence-corrected chi connectivity index (χ4v) is 1.58. The van der Waals surface area contributed by atoms with Crippen LogP contribution >= 0.6 is 0 Å². The maximum Gasteiger partial charge on any atom is 0.134 e. The highest BCUT2D eigenvalue weighted by Gasteiger charge is 2.34. The second kappa shape index (κ2) is 4.06.